The maximum atomic E-state index is 12.2. The van der Waals surface area contributed by atoms with Crippen LogP contribution in [0.3, 0.4) is 0 Å². The molecule has 0 spiro atoms. The number of ether oxygens (including phenoxy) is 1. The predicted molar refractivity (Wildman–Crippen MR) is 121 cm³/mol. The summed E-state index contributed by atoms with van der Waals surface area (Å²) in [5.74, 6) is -1.42. The van der Waals surface area contributed by atoms with Gasteiger partial charge in [-0.1, -0.05) is 13.8 Å². The molecule has 10 heteroatoms. The molecule has 166 valence electrons. The first-order valence-electron chi connectivity index (χ1n) is 9.27. The van der Waals surface area contributed by atoms with E-state index in [0.29, 0.717) is 26.0 Å². The third kappa shape index (κ3) is 6.96. The number of phenols is 1. The molecule has 5 N–H and O–H groups in total. The van der Waals surface area contributed by atoms with Crippen molar-refractivity contribution in [2.24, 2.45) is 5.73 Å². The Labute approximate surface area is 196 Å². The second-order valence-electron chi connectivity index (χ2n) is 7.17. The number of phenolic OH excluding ortho intramolecular Hbond substituents is 1. The van der Waals surface area contributed by atoms with E-state index in [1.165, 1.54) is 0 Å². The maximum absolute atomic E-state index is 12.2. The molecule has 0 aliphatic carbocycles. The van der Waals surface area contributed by atoms with Gasteiger partial charge >= 0.3 is 5.97 Å². The van der Waals surface area contributed by atoms with Gasteiger partial charge in [-0.2, -0.15) is 0 Å². The Morgan fingerprint density at radius 3 is 2.26 bits per heavy atom. The molecular weight excluding hydrogens is 536 g/mol. The van der Waals surface area contributed by atoms with Crippen molar-refractivity contribution >= 4 is 49.6 Å². The SMILES string of the molecule is CC(C)c1cc(Oc2c(Br)cc(CC(=O)N[C@@H](CC(N)=O)C(=O)O)cc2Br)ccc1O. The maximum Gasteiger partial charge on any atom is 0.326 e. The molecule has 0 saturated carbocycles. The van der Waals surface area contributed by atoms with Crippen molar-refractivity contribution < 1.29 is 29.3 Å². The van der Waals surface area contributed by atoms with Crippen molar-refractivity contribution in [3.8, 4) is 17.2 Å². The van der Waals surface area contributed by atoms with Gasteiger partial charge in [-0.25, -0.2) is 4.79 Å². The van der Waals surface area contributed by atoms with Crippen LogP contribution in [-0.2, 0) is 20.8 Å². The average Bonchev–Trinajstić information content (AvgIpc) is 2.64. The largest absolute Gasteiger partial charge is 0.508 e. The minimum atomic E-state index is -1.39. The summed E-state index contributed by atoms with van der Waals surface area (Å²) in [5.41, 5.74) is 6.35. The van der Waals surface area contributed by atoms with Gasteiger partial charge in [0.25, 0.3) is 0 Å². The zero-order chi connectivity index (χ0) is 23.3. The number of halogens is 2. The Morgan fingerprint density at radius 2 is 1.74 bits per heavy atom. The Bertz CT molecular complexity index is 986. The highest BCUT2D eigenvalue weighted by Crippen LogP contribution is 2.39. The molecule has 0 saturated heterocycles. The Kier molecular flexibility index (Phi) is 8.46. The van der Waals surface area contributed by atoms with E-state index in [2.05, 4.69) is 37.2 Å². The summed E-state index contributed by atoms with van der Waals surface area (Å²) < 4.78 is 7.08. The normalized spacial score (nSPS) is 11.8. The highest BCUT2D eigenvalue weighted by molar-refractivity contribution is 9.11. The number of rotatable bonds is 9. The van der Waals surface area contributed by atoms with Crippen LogP contribution >= 0.6 is 31.9 Å². The molecule has 2 amide bonds. The molecule has 0 aromatic heterocycles. The lowest BCUT2D eigenvalue weighted by molar-refractivity contribution is -0.143. The van der Waals surface area contributed by atoms with Gasteiger partial charge in [0.2, 0.25) is 11.8 Å². The Balaban J connectivity index is 2.17. The summed E-state index contributed by atoms with van der Waals surface area (Å²) in [6, 6.07) is 6.93. The average molecular weight is 558 g/mol. The van der Waals surface area contributed by atoms with Crippen molar-refractivity contribution in [2.75, 3.05) is 0 Å². The van der Waals surface area contributed by atoms with Gasteiger partial charge in [-0.3, -0.25) is 9.59 Å². The lowest BCUT2D eigenvalue weighted by Crippen LogP contribution is -2.43. The van der Waals surface area contributed by atoms with E-state index in [1.807, 2.05) is 13.8 Å². The van der Waals surface area contributed by atoms with Crippen LogP contribution in [0.2, 0.25) is 0 Å². The molecular formula is C21H22Br2N2O6. The molecule has 2 aromatic rings. The molecule has 1 atom stereocenters. The molecule has 31 heavy (non-hydrogen) atoms. The molecule has 0 unspecified atom stereocenters. The first-order valence-corrected chi connectivity index (χ1v) is 10.9. The topological polar surface area (TPSA) is 139 Å². The number of carboxylic acids is 1. The summed E-state index contributed by atoms with van der Waals surface area (Å²) in [5, 5.41) is 21.4. The first-order chi connectivity index (χ1) is 14.5. The second kappa shape index (κ2) is 10.6. The van der Waals surface area contributed by atoms with E-state index in [1.54, 1.807) is 30.3 Å². The number of hydrogen-bond acceptors (Lipinski definition) is 5. The molecule has 8 nitrogen and oxygen atoms in total. The van der Waals surface area contributed by atoms with Crippen LogP contribution in [0.15, 0.2) is 39.3 Å². The van der Waals surface area contributed by atoms with Gasteiger partial charge < -0.3 is 26.0 Å². The zero-order valence-electron chi connectivity index (χ0n) is 16.8. The first kappa shape index (κ1) is 24.7. The fraction of sp³-hybridized carbons (Fsp3) is 0.286. The Morgan fingerprint density at radius 1 is 1.13 bits per heavy atom. The smallest absolute Gasteiger partial charge is 0.326 e. The van der Waals surface area contributed by atoms with Crippen LogP contribution in [-0.4, -0.2) is 34.0 Å². The molecule has 0 aliphatic rings. The van der Waals surface area contributed by atoms with E-state index < -0.39 is 30.2 Å². The number of carbonyl (C=O) groups is 3. The van der Waals surface area contributed by atoms with E-state index in [-0.39, 0.29) is 18.1 Å². The predicted octanol–water partition coefficient (Wildman–Crippen LogP) is 3.82. The minimum Gasteiger partial charge on any atom is -0.508 e. The van der Waals surface area contributed by atoms with Gasteiger partial charge in [0, 0.05) is 5.56 Å². The lowest BCUT2D eigenvalue weighted by Gasteiger charge is -2.15. The van der Waals surface area contributed by atoms with E-state index in [4.69, 9.17) is 15.6 Å². The standard InChI is InChI=1S/C21H22Br2N2O6/c1-10(2)13-8-12(3-4-17(13)26)31-20-14(22)5-11(6-15(20)23)7-19(28)25-16(21(29)30)9-18(24)27/h3-6,8,10,16,26H,7,9H2,1-2H3,(H2,24,27)(H,25,28)(H,29,30)/t16-/m0/s1. The van der Waals surface area contributed by atoms with Crippen LogP contribution in [0.5, 0.6) is 17.2 Å². The molecule has 0 fully saturated rings. The van der Waals surface area contributed by atoms with Crippen LogP contribution in [0.25, 0.3) is 0 Å². The van der Waals surface area contributed by atoms with Crippen molar-refractivity contribution in [1.82, 2.24) is 5.32 Å². The van der Waals surface area contributed by atoms with Crippen molar-refractivity contribution in [3.63, 3.8) is 0 Å². The molecule has 2 aromatic carbocycles. The van der Waals surface area contributed by atoms with Crippen LogP contribution in [0.1, 0.15) is 37.3 Å². The number of nitrogens with two attached hydrogens (primary N) is 1. The number of carbonyl (C=O) groups excluding carboxylic acids is 2. The fourth-order valence-corrected chi connectivity index (χ4v) is 4.26. The second-order valence-corrected chi connectivity index (χ2v) is 8.88. The molecule has 0 radical (unpaired) electrons. The van der Waals surface area contributed by atoms with Gasteiger partial charge in [0.05, 0.1) is 21.8 Å². The van der Waals surface area contributed by atoms with Gasteiger partial charge in [-0.05, 0) is 73.7 Å². The van der Waals surface area contributed by atoms with Crippen LogP contribution < -0.4 is 15.8 Å². The minimum absolute atomic E-state index is 0.112. The third-order valence-corrected chi connectivity index (χ3v) is 5.48. The number of amides is 2. The van der Waals surface area contributed by atoms with E-state index in [9.17, 15) is 19.5 Å². The quantitative estimate of drug-likeness (QED) is 0.369. The zero-order valence-corrected chi connectivity index (χ0v) is 20.0. The van der Waals surface area contributed by atoms with E-state index >= 15 is 0 Å². The number of aromatic hydroxyl groups is 1. The van der Waals surface area contributed by atoms with Crippen LogP contribution in [0, 0.1) is 0 Å². The Hall–Kier alpha value is -2.59. The van der Waals surface area contributed by atoms with E-state index in [0.717, 1.165) is 5.56 Å². The number of hydrogen-bond donors (Lipinski definition) is 4. The number of carboxylic acid groups (broad SMARTS) is 1. The van der Waals surface area contributed by atoms with Gasteiger partial charge in [-0.15, -0.1) is 0 Å². The number of benzene rings is 2. The summed E-state index contributed by atoms with van der Waals surface area (Å²) in [7, 11) is 0. The molecule has 2 rings (SSSR count). The summed E-state index contributed by atoms with van der Waals surface area (Å²) in [6.45, 7) is 3.92. The van der Waals surface area contributed by atoms with Crippen molar-refractivity contribution in [3.05, 3.63) is 50.4 Å². The summed E-state index contributed by atoms with van der Waals surface area (Å²) in [6.07, 6.45) is -0.608. The van der Waals surface area contributed by atoms with Crippen molar-refractivity contribution in [2.45, 2.75) is 38.6 Å². The highest BCUT2D eigenvalue weighted by atomic mass is 79.9. The highest BCUT2D eigenvalue weighted by Gasteiger charge is 2.22. The van der Waals surface area contributed by atoms with Crippen molar-refractivity contribution in [1.29, 1.82) is 0 Å². The van der Waals surface area contributed by atoms with Crippen LogP contribution in [0.4, 0.5) is 0 Å². The fourth-order valence-electron chi connectivity index (χ4n) is 2.82. The summed E-state index contributed by atoms with van der Waals surface area (Å²) >= 11 is 6.85. The number of nitrogens with one attached hydrogen (secondary N) is 1. The summed E-state index contributed by atoms with van der Waals surface area (Å²) in [4.78, 5) is 34.4. The molecule has 0 aliphatic heterocycles. The van der Waals surface area contributed by atoms with Gasteiger partial charge in [0.15, 0.2) is 5.75 Å². The number of aliphatic carboxylic acids is 1. The monoisotopic (exact) mass is 556 g/mol. The number of primary amides is 1. The van der Waals surface area contributed by atoms with Gasteiger partial charge in [0.1, 0.15) is 17.5 Å². The molecule has 0 bridgehead atoms. The molecule has 0 heterocycles. The lowest BCUT2D eigenvalue weighted by atomic mass is 10.0. The third-order valence-electron chi connectivity index (χ3n) is 4.30.